The molecular weight excluding hydrogens is 1150 g/mol. The molecule has 0 aromatic rings. The monoisotopic (exact) mass is 1310 g/mol. The second-order valence-corrected chi connectivity index (χ2v) is 29.8. The van der Waals surface area contributed by atoms with Crippen LogP contribution in [0.1, 0.15) is 386 Å². The van der Waals surface area contributed by atoms with Crippen LogP contribution in [0.15, 0.2) is 85.1 Å². The van der Waals surface area contributed by atoms with Crippen LogP contribution in [0.25, 0.3) is 0 Å². The van der Waals surface area contributed by atoms with Crippen molar-refractivity contribution < 1.29 is 32.9 Å². The zero-order valence-corrected chi connectivity index (χ0v) is 62.6. The first-order valence-electron chi connectivity index (χ1n) is 39.9. The predicted octanol–water partition coefficient (Wildman–Crippen LogP) is 25.6. The van der Waals surface area contributed by atoms with E-state index in [1.165, 1.54) is 295 Å². The number of hydrogen-bond donors (Lipinski definition) is 2. The third-order valence-electron chi connectivity index (χ3n) is 18.1. The highest BCUT2D eigenvalue weighted by Crippen LogP contribution is 2.38. The van der Waals surface area contributed by atoms with Crippen LogP contribution in [-0.4, -0.2) is 68.5 Å². The maximum atomic E-state index is 13.1. The third-order valence-corrected chi connectivity index (χ3v) is 19.1. The topological polar surface area (TPSA) is 108 Å². The Hall–Kier alpha value is -2.32. The molecule has 9 heteroatoms. The highest BCUT2D eigenvalue weighted by atomic mass is 31.2. The van der Waals surface area contributed by atoms with Crippen LogP contribution in [0, 0.1) is 0 Å². The summed E-state index contributed by atoms with van der Waals surface area (Å²) in [5.74, 6) is -0.200. The number of unbranched alkanes of at least 4 members (excludes halogenated alkanes) is 49. The summed E-state index contributed by atoms with van der Waals surface area (Å²) in [4.78, 5) is 25.7. The number of quaternary nitrogens is 1. The zero-order chi connectivity index (χ0) is 66.9. The number of aliphatic hydroxyl groups excluding tert-OH is 1. The molecule has 0 aromatic carbocycles. The van der Waals surface area contributed by atoms with E-state index < -0.39 is 26.6 Å². The van der Waals surface area contributed by atoms with Crippen molar-refractivity contribution in [2.75, 3.05) is 40.9 Å². The lowest BCUT2D eigenvalue weighted by molar-refractivity contribution is -0.870. The van der Waals surface area contributed by atoms with Gasteiger partial charge in [0.2, 0.25) is 5.91 Å². The number of rotatable bonds is 74. The number of carbonyl (C=O) groups is 1. The lowest BCUT2D eigenvalue weighted by atomic mass is 10.0. The first-order valence-corrected chi connectivity index (χ1v) is 41.4. The molecule has 0 bridgehead atoms. The molecule has 0 rings (SSSR count). The predicted molar refractivity (Wildman–Crippen MR) is 403 cm³/mol. The number of phosphoric ester groups is 1. The number of hydrogen-bond acceptors (Lipinski definition) is 6. The van der Waals surface area contributed by atoms with Gasteiger partial charge in [0.15, 0.2) is 0 Å². The van der Waals surface area contributed by atoms with E-state index >= 15 is 0 Å². The van der Waals surface area contributed by atoms with Gasteiger partial charge in [-0.1, -0.05) is 388 Å². The van der Waals surface area contributed by atoms with E-state index in [9.17, 15) is 19.4 Å². The van der Waals surface area contributed by atoms with Crippen LogP contribution in [0.2, 0.25) is 0 Å². The van der Waals surface area contributed by atoms with Crippen molar-refractivity contribution in [2.24, 2.45) is 0 Å². The Morgan fingerprint density at radius 2 is 0.674 bits per heavy atom. The van der Waals surface area contributed by atoms with Gasteiger partial charge in [0.1, 0.15) is 13.2 Å². The molecule has 0 radical (unpaired) electrons. The van der Waals surface area contributed by atoms with Gasteiger partial charge in [0, 0.05) is 6.42 Å². The molecule has 0 aliphatic heterocycles. The second-order valence-electron chi connectivity index (χ2n) is 28.4. The Balaban J connectivity index is 3.96. The van der Waals surface area contributed by atoms with E-state index in [2.05, 4.69) is 92.1 Å². The van der Waals surface area contributed by atoms with Crippen molar-refractivity contribution in [1.29, 1.82) is 0 Å². The molecule has 2 N–H and O–H groups in total. The molecule has 0 fully saturated rings. The van der Waals surface area contributed by atoms with Crippen LogP contribution in [0.3, 0.4) is 0 Å². The fraction of sp³-hybridized carbons (Fsp3) is 0.819. The summed E-state index contributed by atoms with van der Waals surface area (Å²) in [5, 5.41) is 14.0. The normalized spacial score (nSPS) is 13.9. The minimum atomic E-state index is -4.62. The molecule has 0 saturated carbocycles. The fourth-order valence-corrected chi connectivity index (χ4v) is 12.7. The number of carbonyl (C=O) groups excluding carboxylic acids is 1. The van der Waals surface area contributed by atoms with Crippen molar-refractivity contribution in [3.05, 3.63) is 85.1 Å². The molecular formula is C83H155N2O6P. The molecule has 0 heterocycles. The van der Waals surface area contributed by atoms with Crippen LogP contribution in [-0.2, 0) is 18.4 Å². The van der Waals surface area contributed by atoms with Crippen molar-refractivity contribution in [2.45, 2.75) is 398 Å². The van der Waals surface area contributed by atoms with Gasteiger partial charge >= 0.3 is 0 Å². The third kappa shape index (κ3) is 75.1. The van der Waals surface area contributed by atoms with E-state index in [4.69, 9.17) is 9.05 Å². The number of nitrogens with one attached hydrogen (secondary N) is 1. The van der Waals surface area contributed by atoms with Crippen LogP contribution < -0.4 is 10.2 Å². The molecule has 3 unspecified atom stereocenters. The fourth-order valence-electron chi connectivity index (χ4n) is 12.0. The van der Waals surface area contributed by atoms with Gasteiger partial charge in [0.25, 0.3) is 7.82 Å². The SMILES string of the molecule is CC/C=C\C/C=C\C/C=C\C/C=C\C/C=C\CCCCCCCCCCCCCCCCCCCCCCCCCCCC(=O)NC(COP(=O)([O-])OCC[N+](C)(C)C)C(O)/C=C/CC/C=C/CCCCCCCCCCCCCCCCCCCCCCCCC. The Morgan fingerprint density at radius 1 is 0.391 bits per heavy atom. The number of amides is 1. The minimum Gasteiger partial charge on any atom is -0.756 e. The first kappa shape index (κ1) is 89.7. The van der Waals surface area contributed by atoms with E-state index in [1.807, 2.05) is 27.2 Å². The van der Waals surface area contributed by atoms with Gasteiger partial charge in [-0.2, -0.15) is 0 Å². The average Bonchev–Trinajstić information content (AvgIpc) is 2.63. The van der Waals surface area contributed by atoms with Crippen molar-refractivity contribution in [1.82, 2.24) is 5.32 Å². The summed E-state index contributed by atoms with van der Waals surface area (Å²) in [6.45, 7) is 4.57. The Kier molecular flexibility index (Phi) is 71.1. The van der Waals surface area contributed by atoms with E-state index in [-0.39, 0.29) is 12.5 Å². The van der Waals surface area contributed by atoms with Gasteiger partial charge < -0.3 is 28.8 Å². The Labute approximate surface area is 573 Å². The standard InChI is InChI=1S/C83H155N2O6P/c1-6-8-10-12-14-16-18-20-22-24-26-28-30-32-34-36-37-38-39-40-41-42-43-44-45-46-47-49-51-53-55-57-59-61-63-65-67-69-71-73-75-77-83(87)84-81(80-91-92(88,89)90-79-78-85(3,4)5)82(86)76-74-72-70-68-66-64-62-60-58-56-54-52-50-48-35-33-31-29-27-25-23-21-19-17-15-13-11-9-7-2/h8,10,14,16,20,22,26,28,32,34,66,68,74,76,81-82,86H,6-7,9,11-13,15,17-19,21,23-25,27,29-31,33,35-65,67,69-73,75,77-80H2,1-5H3,(H-,84,87,88,89)/b10-8-,16-14-,22-20-,28-26-,34-32-,68-66+,76-74+. The number of allylic oxidation sites excluding steroid dienone is 13. The van der Waals surface area contributed by atoms with Crippen LogP contribution >= 0.6 is 7.82 Å². The number of phosphoric acid groups is 1. The number of likely N-dealkylation sites (N-methyl/N-ethyl adjacent to an activating group) is 1. The summed E-state index contributed by atoms with van der Waals surface area (Å²) < 4.78 is 23.5. The van der Waals surface area contributed by atoms with Gasteiger partial charge in [0.05, 0.1) is 39.9 Å². The number of nitrogens with zero attached hydrogens (tertiary/aromatic N) is 1. The maximum Gasteiger partial charge on any atom is 0.268 e. The summed E-state index contributed by atoms with van der Waals surface area (Å²) in [6.07, 6.45) is 105. The lowest BCUT2D eigenvalue weighted by Crippen LogP contribution is -2.45. The highest BCUT2D eigenvalue weighted by Gasteiger charge is 2.23. The van der Waals surface area contributed by atoms with Gasteiger partial charge in [-0.25, -0.2) is 0 Å². The molecule has 3 atom stereocenters. The molecule has 538 valence electrons. The van der Waals surface area contributed by atoms with Gasteiger partial charge in [-0.15, -0.1) is 0 Å². The quantitative estimate of drug-likeness (QED) is 0.0272. The summed E-state index contributed by atoms with van der Waals surface area (Å²) in [7, 11) is 1.26. The molecule has 1 amide bonds. The van der Waals surface area contributed by atoms with E-state index in [0.29, 0.717) is 17.4 Å². The number of aliphatic hydroxyl groups is 1. The lowest BCUT2D eigenvalue weighted by Gasteiger charge is -2.29. The van der Waals surface area contributed by atoms with Crippen LogP contribution in [0.4, 0.5) is 0 Å². The average molecular weight is 1310 g/mol. The Bertz CT molecular complexity index is 1780. The molecule has 0 aliphatic carbocycles. The molecule has 0 spiro atoms. The summed E-state index contributed by atoms with van der Waals surface area (Å²) in [5.41, 5.74) is 0. The Morgan fingerprint density at radius 3 is 1.01 bits per heavy atom. The van der Waals surface area contributed by atoms with Gasteiger partial charge in [-0.3, -0.25) is 9.36 Å². The smallest absolute Gasteiger partial charge is 0.268 e. The van der Waals surface area contributed by atoms with Crippen LogP contribution in [0.5, 0.6) is 0 Å². The molecule has 92 heavy (non-hydrogen) atoms. The zero-order valence-electron chi connectivity index (χ0n) is 61.8. The molecule has 0 aliphatic rings. The highest BCUT2D eigenvalue weighted by molar-refractivity contribution is 7.45. The van der Waals surface area contributed by atoms with Gasteiger partial charge in [-0.05, 0) is 77.0 Å². The van der Waals surface area contributed by atoms with E-state index in [1.54, 1.807) is 6.08 Å². The summed E-state index contributed by atoms with van der Waals surface area (Å²) >= 11 is 0. The van der Waals surface area contributed by atoms with E-state index in [0.717, 1.165) is 70.6 Å². The first-order chi connectivity index (χ1) is 45.0. The second kappa shape index (κ2) is 72.9. The minimum absolute atomic E-state index is 0.00609. The molecule has 8 nitrogen and oxygen atoms in total. The summed E-state index contributed by atoms with van der Waals surface area (Å²) in [6, 6.07) is -0.907. The molecule has 0 saturated heterocycles. The van der Waals surface area contributed by atoms with Crippen molar-refractivity contribution in [3.63, 3.8) is 0 Å². The maximum absolute atomic E-state index is 13.1. The molecule has 0 aromatic heterocycles. The van der Waals surface area contributed by atoms with Crippen molar-refractivity contribution >= 4 is 13.7 Å². The largest absolute Gasteiger partial charge is 0.756 e. The van der Waals surface area contributed by atoms with Crippen molar-refractivity contribution in [3.8, 4) is 0 Å².